The molecule has 0 aliphatic heterocycles. The molecule has 0 radical (unpaired) electrons. The normalized spacial score (nSPS) is 10.5. The molecule has 0 bridgehead atoms. The number of carbonyl (C=O) groups is 1. The molecule has 0 unspecified atom stereocenters. The third-order valence-electron chi connectivity index (χ3n) is 2.91. The second kappa shape index (κ2) is 6.41. The molecule has 0 amide bonds. The number of benzene rings is 1. The van der Waals surface area contributed by atoms with E-state index in [0.717, 1.165) is 4.47 Å². The third kappa shape index (κ3) is 3.16. The van der Waals surface area contributed by atoms with E-state index in [-0.39, 0.29) is 5.69 Å². The van der Waals surface area contributed by atoms with E-state index in [2.05, 4.69) is 25.8 Å². The predicted molar refractivity (Wildman–Crippen MR) is 83.3 cm³/mol. The zero-order chi connectivity index (χ0) is 15.6. The topological polar surface area (TPSA) is 61.2 Å². The molecule has 2 aromatic rings. The highest BCUT2D eigenvalue weighted by atomic mass is 79.9. The van der Waals surface area contributed by atoms with Crippen LogP contribution in [-0.2, 0) is 11.2 Å². The second-order valence-corrected chi connectivity index (χ2v) is 5.54. The first-order chi connectivity index (χ1) is 9.97. The van der Waals surface area contributed by atoms with Crippen LogP contribution in [0.1, 0.15) is 23.0 Å². The smallest absolute Gasteiger partial charge is 0.362 e. The van der Waals surface area contributed by atoms with E-state index in [1.807, 2.05) is 6.92 Å². The van der Waals surface area contributed by atoms with Crippen molar-refractivity contribution in [3.8, 4) is 5.69 Å². The lowest BCUT2D eigenvalue weighted by Gasteiger charge is -2.11. The largest absolute Gasteiger partial charge is 0.464 e. The number of halogens is 2. The van der Waals surface area contributed by atoms with E-state index in [1.54, 1.807) is 24.4 Å². The van der Waals surface area contributed by atoms with Crippen LogP contribution in [0.5, 0.6) is 0 Å². The van der Waals surface area contributed by atoms with Gasteiger partial charge in [0.1, 0.15) is 0 Å². The van der Waals surface area contributed by atoms with Crippen molar-refractivity contribution in [1.29, 1.82) is 0 Å². The number of hydrogen-bond donors (Lipinski definition) is 0. The fraction of sp³-hybridized carbons (Fsp3) is 0.214. The van der Waals surface area contributed by atoms with Crippen molar-refractivity contribution < 1.29 is 9.53 Å². The molecule has 0 fully saturated rings. The molecule has 0 N–H and O–H groups in total. The van der Waals surface area contributed by atoms with Crippen LogP contribution in [0.4, 0.5) is 0 Å². The molecular formula is C14H12BrClN2O3. The number of rotatable bonds is 3. The Balaban J connectivity index is 2.69. The molecule has 21 heavy (non-hydrogen) atoms. The highest BCUT2D eigenvalue weighted by Gasteiger charge is 2.18. The van der Waals surface area contributed by atoms with Gasteiger partial charge in [0.2, 0.25) is 11.1 Å². The molecule has 1 aromatic heterocycles. The maximum Gasteiger partial charge on any atom is 0.362 e. The summed E-state index contributed by atoms with van der Waals surface area (Å²) in [6.07, 6.45) is 2.05. The Bertz CT molecular complexity index is 758. The van der Waals surface area contributed by atoms with E-state index >= 15 is 0 Å². The first-order valence-corrected chi connectivity index (χ1v) is 7.31. The van der Waals surface area contributed by atoms with Gasteiger partial charge in [-0.3, -0.25) is 4.79 Å². The Morgan fingerprint density at radius 2 is 2.19 bits per heavy atom. The standard InChI is InChI=1S/C14H12BrClN2O3/c1-3-8-7-18(11-5-4-9(15)6-10(11)16)17-12(13(8)19)14(20)21-2/h4-7H,3H2,1-2H3. The Kier molecular flexibility index (Phi) is 4.80. The number of aromatic nitrogens is 2. The van der Waals surface area contributed by atoms with Crippen LogP contribution < -0.4 is 5.43 Å². The van der Waals surface area contributed by atoms with Gasteiger partial charge in [0, 0.05) is 16.2 Å². The molecule has 0 atom stereocenters. The van der Waals surface area contributed by atoms with Gasteiger partial charge in [-0.1, -0.05) is 34.5 Å². The molecule has 0 spiro atoms. The molecule has 7 heteroatoms. The number of nitrogens with zero attached hydrogens (tertiary/aromatic N) is 2. The summed E-state index contributed by atoms with van der Waals surface area (Å²) in [5.74, 6) is -0.766. The molecule has 0 saturated heterocycles. The summed E-state index contributed by atoms with van der Waals surface area (Å²) in [6, 6.07) is 5.24. The van der Waals surface area contributed by atoms with Gasteiger partial charge in [-0.2, -0.15) is 5.10 Å². The Morgan fingerprint density at radius 3 is 2.76 bits per heavy atom. The number of ether oxygens (including phenoxy) is 1. The number of aryl methyl sites for hydroxylation is 1. The summed E-state index contributed by atoms with van der Waals surface area (Å²) in [5, 5.41) is 4.49. The van der Waals surface area contributed by atoms with Gasteiger partial charge in [-0.25, -0.2) is 9.48 Å². The Labute approximate surface area is 134 Å². The Hall–Kier alpha value is -1.66. The second-order valence-electron chi connectivity index (χ2n) is 4.22. The van der Waals surface area contributed by atoms with Crippen LogP contribution in [-0.4, -0.2) is 22.9 Å². The van der Waals surface area contributed by atoms with E-state index in [1.165, 1.54) is 11.8 Å². The third-order valence-corrected chi connectivity index (χ3v) is 3.70. The van der Waals surface area contributed by atoms with E-state index < -0.39 is 11.4 Å². The lowest BCUT2D eigenvalue weighted by atomic mass is 10.2. The van der Waals surface area contributed by atoms with Crippen molar-refractivity contribution in [2.24, 2.45) is 0 Å². The van der Waals surface area contributed by atoms with E-state index in [4.69, 9.17) is 11.6 Å². The zero-order valence-electron chi connectivity index (χ0n) is 11.4. The first-order valence-electron chi connectivity index (χ1n) is 6.14. The molecule has 0 saturated carbocycles. The maximum atomic E-state index is 12.1. The first kappa shape index (κ1) is 15.7. The van der Waals surface area contributed by atoms with Crippen molar-refractivity contribution in [1.82, 2.24) is 9.78 Å². The predicted octanol–water partition coefficient (Wildman–Crippen LogP) is 3.00. The minimum Gasteiger partial charge on any atom is -0.464 e. The molecular weight excluding hydrogens is 360 g/mol. The van der Waals surface area contributed by atoms with Gasteiger partial charge in [-0.05, 0) is 24.6 Å². The minimum atomic E-state index is -0.766. The SMILES string of the molecule is CCc1cn(-c2ccc(Br)cc2Cl)nc(C(=O)OC)c1=O. The fourth-order valence-corrected chi connectivity index (χ4v) is 2.57. The number of carbonyl (C=O) groups excluding carboxylic acids is 1. The van der Waals surface area contributed by atoms with Gasteiger partial charge >= 0.3 is 5.97 Å². The lowest BCUT2D eigenvalue weighted by molar-refractivity contribution is 0.0590. The summed E-state index contributed by atoms with van der Waals surface area (Å²) in [6.45, 7) is 1.82. The maximum absolute atomic E-state index is 12.1. The average Bonchev–Trinajstić information content (AvgIpc) is 2.47. The highest BCUT2D eigenvalue weighted by Crippen LogP contribution is 2.24. The highest BCUT2D eigenvalue weighted by molar-refractivity contribution is 9.10. The van der Waals surface area contributed by atoms with Crippen LogP contribution in [0.15, 0.2) is 33.7 Å². The van der Waals surface area contributed by atoms with Gasteiger partial charge in [0.05, 0.1) is 17.8 Å². The molecule has 2 rings (SSSR count). The van der Waals surface area contributed by atoms with Crippen molar-refractivity contribution in [2.45, 2.75) is 13.3 Å². The van der Waals surface area contributed by atoms with Gasteiger partial charge < -0.3 is 4.74 Å². The summed E-state index contributed by atoms with van der Waals surface area (Å²) in [5.41, 5.74) is 0.355. The van der Waals surface area contributed by atoms with Gasteiger partial charge in [-0.15, -0.1) is 0 Å². The summed E-state index contributed by atoms with van der Waals surface area (Å²) in [4.78, 5) is 23.8. The van der Waals surface area contributed by atoms with Crippen molar-refractivity contribution >= 4 is 33.5 Å². The van der Waals surface area contributed by atoms with E-state index in [0.29, 0.717) is 22.7 Å². The van der Waals surface area contributed by atoms with Crippen LogP contribution in [0.3, 0.4) is 0 Å². The average molecular weight is 372 g/mol. The lowest BCUT2D eigenvalue weighted by Crippen LogP contribution is -2.25. The van der Waals surface area contributed by atoms with Crippen LogP contribution in [0.25, 0.3) is 5.69 Å². The molecule has 110 valence electrons. The number of methoxy groups -OCH3 is 1. The number of esters is 1. The molecule has 0 aliphatic carbocycles. The van der Waals surface area contributed by atoms with Crippen molar-refractivity contribution in [3.05, 3.63) is 55.4 Å². The van der Waals surface area contributed by atoms with Crippen molar-refractivity contribution in [3.63, 3.8) is 0 Å². The number of hydrogen-bond acceptors (Lipinski definition) is 4. The molecule has 1 aromatic carbocycles. The van der Waals surface area contributed by atoms with Crippen LogP contribution >= 0.6 is 27.5 Å². The molecule has 1 heterocycles. The van der Waals surface area contributed by atoms with E-state index in [9.17, 15) is 9.59 Å². The Morgan fingerprint density at radius 1 is 1.48 bits per heavy atom. The summed E-state index contributed by atoms with van der Waals surface area (Å²) >= 11 is 9.50. The van der Waals surface area contributed by atoms with Gasteiger partial charge in [0.25, 0.3) is 0 Å². The molecule has 5 nitrogen and oxygen atoms in total. The van der Waals surface area contributed by atoms with Gasteiger partial charge in [0.15, 0.2) is 0 Å². The summed E-state index contributed by atoms with van der Waals surface area (Å²) < 4.78 is 6.84. The monoisotopic (exact) mass is 370 g/mol. The quantitative estimate of drug-likeness (QED) is 0.778. The van der Waals surface area contributed by atoms with Crippen LogP contribution in [0, 0.1) is 0 Å². The zero-order valence-corrected chi connectivity index (χ0v) is 13.7. The van der Waals surface area contributed by atoms with Crippen LogP contribution in [0.2, 0.25) is 5.02 Å². The van der Waals surface area contributed by atoms with Crippen molar-refractivity contribution in [2.75, 3.05) is 7.11 Å². The summed E-state index contributed by atoms with van der Waals surface area (Å²) in [7, 11) is 1.21. The minimum absolute atomic E-state index is 0.254. The fourth-order valence-electron chi connectivity index (χ4n) is 1.81. The molecule has 0 aliphatic rings.